The first-order valence-electron chi connectivity index (χ1n) is 7.90. The van der Waals surface area contributed by atoms with Gasteiger partial charge in [0.25, 0.3) is 5.91 Å². The first-order valence-corrected chi connectivity index (χ1v) is 7.90. The van der Waals surface area contributed by atoms with Gasteiger partial charge in [-0.05, 0) is 37.0 Å². The highest BCUT2D eigenvalue weighted by molar-refractivity contribution is 5.95. The third-order valence-electron chi connectivity index (χ3n) is 4.48. The van der Waals surface area contributed by atoms with Gasteiger partial charge < -0.3 is 16.0 Å². The third kappa shape index (κ3) is 3.69. The number of amides is 1. The Balaban J connectivity index is 2.12. The Labute approximate surface area is 127 Å². The van der Waals surface area contributed by atoms with Gasteiger partial charge in [-0.1, -0.05) is 26.2 Å². The number of hydrogen-bond acceptors (Lipinski definition) is 3. The molecule has 21 heavy (non-hydrogen) atoms. The molecule has 0 bridgehead atoms. The second-order valence-corrected chi connectivity index (χ2v) is 6.21. The van der Waals surface area contributed by atoms with Gasteiger partial charge in [0, 0.05) is 25.7 Å². The lowest BCUT2D eigenvalue weighted by molar-refractivity contribution is 0.0827. The quantitative estimate of drug-likeness (QED) is 0.836. The first-order chi connectivity index (χ1) is 10.0. The van der Waals surface area contributed by atoms with Crippen LogP contribution < -0.4 is 11.1 Å². The van der Waals surface area contributed by atoms with Crippen molar-refractivity contribution in [2.45, 2.75) is 45.1 Å². The maximum absolute atomic E-state index is 11.9. The zero-order chi connectivity index (χ0) is 15.4. The number of nitrogen functional groups attached to an aromatic ring is 1. The number of carbonyl (C=O) groups excluding carboxylic acids is 1. The summed E-state index contributed by atoms with van der Waals surface area (Å²) in [6, 6.07) is 6.06. The highest BCUT2D eigenvalue weighted by atomic mass is 16.2. The lowest BCUT2D eigenvalue weighted by Gasteiger charge is -2.32. The number of nitrogens with two attached hydrogens (primary N) is 1. The topological polar surface area (TPSA) is 58.4 Å². The predicted molar refractivity (Wildman–Crippen MR) is 88.5 cm³/mol. The predicted octanol–water partition coefficient (Wildman–Crippen LogP) is 3.35. The Hall–Kier alpha value is -1.71. The number of hydrogen-bond donors (Lipinski definition) is 2. The van der Waals surface area contributed by atoms with Crippen molar-refractivity contribution in [3.8, 4) is 0 Å². The Morgan fingerprint density at radius 3 is 2.67 bits per heavy atom. The summed E-state index contributed by atoms with van der Waals surface area (Å²) in [5.74, 6) is 0.707. The first kappa shape index (κ1) is 15.7. The number of benzene rings is 1. The van der Waals surface area contributed by atoms with Crippen LogP contribution in [0.3, 0.4) is 0 Å². The average Bonchev–Trinajstić information content (AvgIpc) is 2.49. The minimum Gasteiger partial charge on any atom is -0.397 e. The van der Waals surface area contributed by atoms with Gasteiger partial charge >= 0.3 is 0 Å². The molecule has 0 saturated heterocycles. The minimum atomic E-state index is -0.0163. The molecule has 1 aromatic carbocycles. The molecule has 0 aromatic heterocycles. The molecular formula is C17H27N3O. The van der Waals surface area contributed by atoms with E-state index in [1.807, 2.05) is 12.1 Å². The molecule has 4 nitrogen and oxygen atoms in total. The van der Waals surface area contributed by atoms with Crippen LogP contribution in [0, 0.1) is 5.92 Å². The maximum atomic E-state index is 11.9. The Kier molecular flexibility index (Phi) is 5.10. The molecule has 4 heteroatoms. The van der Waals surface area contributed by atoms with E-state index in [0.717, 1.165) is 11.6 Å². The van der Waals surface area contributed by atoms with Crippen LogP contribution in [-0.4, -0.2) is 30.9 Å². The van der Waals surface area contributed by atoms with Crippen molar-refractivity contribution in [2.24, 2.45) is 5.92 Å². The molecule has 2 unspecified atom stereocenters. The molecule has 0 aliphatic heterocycles. The van der Waals surface area contributed by atoms with E-state index in [1.54, 1.807) is 25.1 Å². The van der Waals surface area contributed by atoms with Crippen molar-refractivity contribution < 1.29 is 4.79 Å². The number of nitrogens with zero attached hydrogens (tertiary/aromatic N) is 1. The zero-order valence-corrected chi connectivity index (χ0v) is 13.4. The molecule has 2 rings (SSSR count). The van der Waals surface area contributed by atoms with Crippen LogP contribution >= 0.6 is 0 Å². The highest BCUT2D eigenvalue weighted by Gasteiger charge is 2.24. The van der Waals surface area contributed by atoms with E-state index >= 15 is 0 Å². The summed E-state index contributed by atoms with van der Waals surface area (Å²) >= 11 is 0. The fraction of sp³-hybridized carbons (Fsp3) is 0.588. The molecule has 1 aliphatic carbocycles. The molecule has 1 aliphatic rings. The lowest BCUT2D eigenvalue weighted by Crippen LogP contribution is -2.32. The smallest absolute Gasteiger partial charge is 0.253 e. The van der Waals surface area contributed by atoms with Gasteiger partial charge in [0.1, 0.15) is 0 Å². The van der Waals surface area contributed by atoms with Gasteiger partial charge in [0.2, 0.25) is 0 Å². The number of rotatable bonds is 4. The van der Waals surface area contributed by atoms with Crippen LogP contribution in [0.1, 0.15) is 49.4 Å². The van der Waals surface area contributed by atoms with Gasteiger partial charge in [-0.25, -0.2) is 0 Å². The second-order valence-electron chi connectivity index (χ2n) is 6.21. The fourth-order valence-electron chi connectivity index (χ4n) is 3.17. The van der Waals surface area contributed by atoms with Gasteiger partial charge in [0.05, 0.1) is 11.4 Å². The summed E-state index contributed by atoms with van der Waals surface area (Å²) in [5, 5.41) is 3.60. The minimum absolute atomic E-state index is 0.0163. The highest BCUT2D eigenvalue weighted by Crippen LogP contribution is 2.31. The van der Waals surface area contributed by atoms with Crippen molar-refractivity contribution in [1.29, 1.82) is 0 Å². The number of nitrogens with one attached hydrogen (secondary N) is 1. The average molecular weight is 289 g/mol. The van der Waals surface area contributed by atoms with E-state index in [-0.39, 0.29) is 5.91 Å². The van der Waals surface area contributed by atoms with Crippen LogP contribution in [0.5, 0.6) is 0 Å². The number of anilines is 2. The SMILES string of the molecule is CCC1CCCCC1Nc1ccc(C(=O)N(C)C)cc1N. The van der Waals surface area contributed by atoms with Crippen molar-refractivity contribution in [3.05, 3.63) is 23.8 Å². The van der Waals surface area contributed by atoms with Gasteiger partial charge in [-0.3, -0.25) is 4.79 Å². The molecular weight excluding hydrogens is 262 g/mol. The Bertz CT molecular complexity index is 499. The molecule has 2 atom stereocenters. The normalized spacial score (nSPS) is 21.9. The maximum Gasteiger partial charge on any atom is 0.253 e. The fourth-order valence-corrected chi connectivity index (χ4v) is 3.17. The van der Waals surface area contributed by atoms with E-state index in [0.29, 0.717) is 17.3 Å². The Morgan fingerprint density at radius 2 is 2.05 bits per heavy atom. The summed E-state index contributed by atoms with van der Waals surface area (Å²) < 4.78 is 0. The Morgan fingerprint density at radius 1 is 1.33 bits per heavy atom. The molecule has 116 valence electrons. The molecule has 0 radical (unpaired) electrons. The van der Waals surface area contributed by atoms with Crippen molar-refractivity contribution >= 4 is 17.3 Å². The zero-order valence-electron chi connectivity index (χ0n) is 13.4. The van der Waals surface area contributed by atoms with Gasteiger partial charge in [-0.2, -0.15) is 0 Å². The summed E-state index contributed by atoms with van der Waals surface area (Å²) in [4.78, 5) is 13.5. The molecule has 1 aromatic rings. The van der Waals surface area contributed by atoms with Crippen LogP contribution in [0.15, 0.2) is 18.2 Å². The standard InChI is InChI=1S/C17H27N3O/c1-4-12-7-5-6-8-15(12)19-16-10-9-13(11-14(16)18)17(21)20(2)3/h9-12,15,19H,4-8,18H2,1-3H3. The second kappa shape index (κ2) is 6.83. The molecule has 1 saturated carbocycles. The van der Waals surface area contributed by atoms with Crippen molar-refractivity contribution in [3.63, 3.8) is 0 Å². The van der Waals surface area contributed by atoms with Gasteiger partial charge in [0.15, 0.2) is 0 Å². The third-order valence-corrected chi connectivity index (χ3v) is 4.48. The number of carbonyl (C=O) groups is 1. The van der Waals surface area contributed by atoms with E-state index in [4.69, 9.17) is 5.73 Å². The lowest BCUT2D eigenvalue weighted by atomic mass is 9.82. The van der Waals surface area contributed by atoms with Crippen molar-refractivity contribution in [2.75, 3.05) is 25.1 Å². The molecule has 1 amide bonds. The summed E-state index contributed by atoms with van der Waals surface area (Å²) in [7, 11) is 3.50. The van der Waals surface area contributed by atoms with E-state index in [9.17, 15) is 4.79 Å². The van der Waals surface area contributed by atoms with Crippen LogP contribution in [0.2, 0.25) is 0 Å². The molecule has 1 fully saturated rings. The summed E-state index contributed by atoms with van der Waals surface area (Å²) in [5.41, 5.74) is 8.38. The van der Waals surface area contributed by atoms with Crippen LogP contribution in [0.4, 0.5) is 11.4 Å². The molecule has 0 heterocycles. The summed E-state index contributed by atoms with van der Waals surface area (Å²) in [6.07, 6.45) is 6.32. The van der Waals surface area contributed by atoms with Crippen LogP contribution in [-0.2, 0) is 0 Å². The van der Waals surface area contributed by atoms with Crippen molar-refractivity contribution in [1.82, 2.24) is 4.90 Å². The van der Waals surface area contributed by atoms with E-state index < -0.39 is 0 Å². The molecule has 3 N–H and O–H groups in total. The summed E-state index contributed by atoms with van der Waals surface area (Å²) in [6.45, 7) is 2.26. The largest absolute Gasteiger partial charge is 0.397 e. The monoisotopic (exact) mass is 289 g/mol. The molecule has 0 spiro atoms. The van der Waals surface area contributed by atoms with Gasteiger partial charge in [-0.15, -0.1) is 0 Å². The van der Waals surface area contributed by atoms with Crippen LogP contribution in [0.25, 0.3) is 0 Å². The van der Waals surface area contributed by atoms with E-state index in [1.165, 1.54) is 32.1 Å². The van der Waals surface area contributed by atoms with E-state index in [2.05, 4.69) is 12.2 Å².